The Hall–Kier alpha value is -3.39. The van der Waals surface area contributed by atoms with Crippen LogP contribution in [0.3, 0.4) is 0 Å². The molecule has 0 radical (unpaired) electrons. The predicted molar refractivity (Wildman–Crippen MR) is 117 cm³/mol. The molecule has 0 aliphatic carbocycles. The summed E-state index contributed by atoms with van der Waals surface area (Å²) >= 11 is 0. The van der Waals surface area contributed by atoms with Gasteiger partial charge in [0.2, 0.25) is 0 Å². The van der Waals surface area contributed by atoms with Gasteiger partial charge in [0.05, 0.1) is 6.61 Å². The van der Waals surface area contributed by atoms with Gasteiger partial charge in [-0.3, -0.25) is 0 Å². The number of rotatable bonds is 4. The molecule has 0 bridgehead atoms. The van der Waals surface area contributed by atoms with Gasteiger partial charge in [-0.2, -0.15) is 0 Å². The van der Waals surface area contributed by atoms with Gasteiger partial charge in [-0.1, -0.05) is 73.3 Å². The Labute approximate surface area is 163 Å². The molecule has 0 heterocycles. The summed E-state index contributed by atoms with van der Waals surface area (Å²) in [5.41, 5.74) is 1.64. The van der Waals surface area contributed by atoms with E-state index in [0.717, 1.165) is 0 Å². The summed E-state index contributed by atoms with van der Waals surface area (Å²) in [5, 5.41) is 10.2. The van der Waals surface area contributed by atoms with Crippen LogP contribution in [0.2, 0.25) is 0 Å². The highest BCUT2D eigenvalue weighted by Crippen LogP contribution is 2.41. The second-order valence-corrected chi connectivity index (χ2v) is 7.38. The summed E-state index contributed by atoms with van der Waals surface area (Å²) in [6.45, 7) is 5.68. The van der Waals surface area contributed by atoms with Crippen molar-refractivity contribution in [2.75, 3.05) is 6.61 Å². The summed E-state index contributed by atoms with van der Waals surface area (Å²) in [5.74, 6) is -0.331. The largest absolute Gasteiger partial charge is 0.462 e. The Morgan fingerprint density at radius 2 is 1.39 bits per heavy atom. The van der Waals surface area contributed by atoms with E-state index in [9.17, 15) is 4.79 Å². The maximum Gasteiger partial charge on any atom is 0.333 e. The van der Waals surface area contributed by atoms with Crippen molar-refractivity contribution in [1.82, 2.24) is 0 Å². The van der Waals surface area contributed by atoms with Gasteiger partial charge >= 0.3 is 5.97 Å². The van der Waals surface area contributed by atoms with E-state index in [1.165, 1.54) is 48.7 Å². The molecule has 5 aromatic rings. The van der Waals surface area contributed by atoms with Gasteiger partial charge in [-0.25, -0.2) is 4.79 Å². The Bertz CT molecular complexity index is 1370. The lowest BCUT2D eigenvalue weighted by Crippen LogP contribution is -2.08. The Morgan fingerprint density at radius 3 is 2.07 bits per heavy atom. The van der Waals surface area contributed by atoms with Crippen LogP contribution >= 0.6 is 0 Å². The highest BCUT2D eigenvalue weighted by molar-refractivity contribution is 6.33. The number of esters is 1. The zero-order valence-electron chi connectivity index (χ0n) is 15.8. The normalized spacial score (nSPS) is 11.6. The Morgan fingerprint density at radius 1 is 0.786 bits per heavy atom. The average molecular weight is 364 g/mol. The van der Waals surface area contributed by atoms with Crippen molar-refractivity contribution in [2.45, 2.75) is 13.3 Å². The number of benzene rings is 5. The lowest BCUT2D eigenvalue weighted by Gasteiger charge is -2.17. The quantitative estimate of drug-likeness (QED) is 0.160. The highest BCUT2D eigenvalue weighted by Gasteiger charge is 2.15. The monoisotopic (exact) mass is 364 g/mol. The van der Waals surface area contributed by atoms with Crippen molar-refractivity contribution in [3.8, 4) is 0 Å². The van der Waals surface area contributed by atoms with Gasteiger partial charge in [0.25, 0.3) is 0 Å². The molecule has 0 atom stereocenters. The average Bonchev–Trinajstić information content (AvgIpc) is 2.72. The van der Waals surface area contributed by atoms with Gasteiger partial charge in [-0.05, 0) is 55.6 Å². The molecule has 2 heteroatoms. The van der Waals surface area contributed by atoms with Crippen LogP contribution in [-0.2, 0) is 16.0 Å². The van der Waals surface area contributed by atoms with Gasteiger partial charge in [-0.15, -0.1) is 0 Å². The molecule has 0 unspecified atom stereocenters. The number of ether oxygens (including phenoxy) is 1. The second-order valence-electron chi connectivity index (χ2n) is 7.38. The van der Waals surface area contributed by atoms with E-state index in [4.69, 9.17) is 4.74 Å². The molecule has 0 saturated heterocycles. The van der Waals surface area contributed by atoms with Crippen LogP contribution in [0.15, 0.2) is 78.9 Å². The first kappa shape index (κ1) is 16.8. The first-order valence-electron chi connectivity index (χ1n) is 9.55. The van der Waals surface area contributed by atoms with Gasteiger partial charge < -0.3 is 4.74 Å². The minimum absolute atomic E-state index is 0.331. The molecular weight excluding hydrogens is 344 g/mol. The topological polar surface area (TPSA) is 26.3 Å². The number of hydrogen-bond acceptors (Lipinski definition) is 2. The van der Waals surface area contributed by atoms with Crippen molar-refractivity contribution in [3.63, 3.8) is 0 Å². The SMILES string of the molecule is C=C(C)C(=O)OCCc1ccc2cccc3c4cccc5cccc(c1c23)c54. The van der Waals surface area contributed by atoms with Crippen molar-refractivity contribution in [2.24, 2.45) is 0 Å². The summed E-state index contributed by atoms with van der Waals surface area (Å²) in [4.78, 5) is 11.8. The molecule has 5 aromatic carbocycles. The summed E-state index contributed by atoms with van der Waals surface area (Å²) < 4.78 is 5.37. The first-order valence-corrected chi connectivity index (χ1v) is 9.55. The maximum absolute atomic E-state index is 11.8. The van der Waals surface area contributed by atoms with Crippen molar-refractivity contribution >= 4 is 49.1 Å². The predicted octanol–water partition coefficient (Wildman–Crippen LogP) is 6.40. The molecule has 0 N–H and O–H groups in total. The van der Waals surface area contributed by atoms with E-state index in [1.54, 1.807) is 6.92 Å². The van der Waals surface area contributed by atoms with Crippen LogP contribution in [0.5, 0.6) is 0 Å². The summed E-state index contributed by atoms with van der Waals surface area (Å²) in [6, 6.07) is 23.9. The lowest BCUT2D eigenvalue weighted by molar-refractivity contribution is -0.138. The Balaban J connectivity index is 1.79. The zero-order valence-corrected chi connectivity index (χ0v) is 15.8. The molecule has 0 fully saturated rings. The molecule has 0 aromatic heterocycles. The smallest absolute Gasteiger partial charge is 0.333 e. The van der Waals surface area contributed by atoms with Crippen molar-refractivity contribution in [1.29, 1.82) is 0 Å². The molecule has 5 rings (SSSR count). The fourth-order valence-corrected chi connectivity index (χ4v) is 4.31. The van der Waals surface area contributed by atoms with E-state index in [0.29, 0.717) is 18.6 Å². The maximum atomic E-state index is 11.8. The summed E-state index contributed by atoms with van der Waals surface area (Å²) in [6.07, 6.45) is 0.678. The van der Waals surface area contributed by atoms with Crippen LogP contribution in [0.4, 0.5) is 0 Å². The van der Waals surface area contributed by atoms with Crippen LogP contribution < -0.4 is 0 Å². The number of carbonyl (C=O) groups excluding carboxylic acids is 1. The van der Waals surface area contributed by atoms with Gasteiger partial charge in [0.1, 0.15) is 0 Å². The fraction of sp³-hybridized carbons (Fsp3) is 0.115. The van der Waals surface area contributed by atoms with Crippen LogP contribution in [0, 0.1) is 0 Å². The minimum atomic E-state index is -0.331. The minimum Gasteiger partial charge on any atom is -0.462 e. The molecule has 0 aliphatic heterocycles. The molecule has 28 heavy (non-hydrogen) atoms. The first-order chi connectivity index (χ1) is 13.6. The third-order valence-electron chi connectivity index (χ3n) is 5.55. The number of carbonyl (C=O) groups is 1. The molecule has 0 aliphatic rings. The molecular formula is C26H20O2. The standard InChI is InChI=1S/C26H20O2/c1-16(2)26(27)28-15-14-19-13-12-18-8-4-10-21-20-9-3-6-17-7-5-11-22(23(17)20)25(19)24(18)21/h3-13H,1,14-15H2,2H3. The fourth-order valence-electron chi connectivity index (χ4n) is 4.31. The van der Waals surface area contributed by atoms with E-state index in [-0.39, 0.29) is 5.97 Å². The van der Waals surface area contributed by atoms with Gasteiger partial charge in [0.15, 0.2) is 0 Å². The van der Waals surface area contributed by atoms with Crippen LogP contribution in [0.25, 0.3) is 43.1 Å². The van der Waals surface area contributed by atoms with E-state index in [1.807, 2.05) is 0 Å². The van der Waals surface area contributed by atoms with E-state index >= 15 is 0 Å². The van der Waals surface area contributed by atoms with E-state index < -0.39 is 0 Å². The molecule has 0 saturated carbocycles. The molecule has 136 valence electrons. The van der Waals surface area contributed by atoms with E-state index in [2.05, 4.69) is 73.3 Å². The summed E-state index contributed by atoms with van der Waals surface area (Å²) in [7, 11) is 0. The number of fused-ring (bicyclic) bond motifs is 2. The van der Waals surface area contributed by atoms with Crippen LogP contribution in [0.1, 0.15) is 12.5 Å². The lowest BCUT2D eigenvalue weighted by atomic mass is 9.87. The third-order valence-corrected chi connectivity index (χ3v) is 5.55. The van der Waals surface area contributed by atoms with Gasteiger partial charge in [0, 0.05) is 12.0 Å². The van der Waals surface area contributed by atoms with Crippen molar-refractivity contribution < 1.29 is 9.53 Å². The third kappa shape index (κ3) is 2.45. The molecule has 0 spiro atoms. The van der Waals surface area contributed by atoms with Crippen LogP contribution in [-0.4, -0.2) is 12.6 Å². The highest BCUT2D eigenvalue weighted by atomic mass is 16.5. The van der Waals surface area contributed by atoms with Crippen molar-refractivity contribution in [3.05, 3.63) is 84.4 Å². The number of hydrogen-bond donors (Lipinski definition) is 0. The molecule has 2 nitrogen and oxygen atoms in total. The second kappa shape index (κ2) is 6.35. The zero-order chi connectivity index (χ0) is 19.3. The Kier molecular flexibility index (Phi) is 3.80. The molecule has 0 amide bonds.